The summed E-state index contributed by atoms with van der Waals surface area (Å²) >= 11 is 0. The second-order valence-corrected chi connectivity index (χ2v) is 14.0. The Balaban J connectivity index is 0.993. The number of hydrogen-bond acceptors (Lipinski definition) is 5. The predicted molar refractivity (Wildman–Crippen MR) is 211 cm³/mol. The highest BCUT2D eigenvalue weighted by Gasteiger charge is 2.39. The average Bonchev–Trinajstić information content (AvgIpc) is 3.46. The molecule has 5 heteroatoms. The molecule has 0 bridgehead atoms. The van der Waals surface area contributed by atoms with Crippen LogP contribution in [-0.4, -0.2) is 15.0 Å². The van der Waals surface area contributed by atoms with E-state index in [9.17, 15) is 0 Å². The third kappa shape index (κ3) is 5.20. The first kappa shape index (κ1) is 30.9. The van der Waals surface area contributed by atoms with Crippen LogP contribution in [0.3, 0.4) is 0 Å². The van der Waals surface area contributed by atoms with E-state index in [1.54, 1.807) is 0 Å². The minimum atomic E-state index is -0.112. The van der Waals surface area contributed by atoms with E-state index in [1.165, 1.54) is 16.7 Å². The fourth-order valence-electron chi connectivity index (χ4n) is 7.71. The summed E-state index contributed by atoms with van der Waals surface area (Å²) in [6.07, 6.45) is 0. The van der Waals surface area contributed by atoms with E-state index in [2.05, 4.69) is 98.8 Å². The number of ether oxygens (including phenoxy) is 2. The maximum atomic E-state index is 6.62. The van der Waals surface area contributed by atoms with Crippen LogP contribution in [0, 0.1) is 0 Å². The van der Waals surface area contributed by atoms with Crippen molar-refractivity contribution in [2.75, 3.05) is 0 Å². The van der Waals surface area contributed by atoms with Crippen LogP contribution in [-0.2, 0) is 5.41 Å². The molecule has 8 aromatic rings. The van der Waals surface area contributed by atoms with Gasteiger partial charge >= 0.3 is 0 Å². The maximum Gasteiger partial charge on any atom is 0.178 e. The molecule has 1 aliphatic carbocycles. The number of rotatable bonds is 5. The van der Waals surface area contributed by atoms with Crippen LogP contribution in [0.15, 0.2) is 164 Å². The first-order valence-corrected chi connectivity index (χ1v) is 17.9. The third-order valence-electron chi connectivity index (χ3n) is 10.4. The lowest BCUT2D eigenvalue weighted by Gasteiger charge is -2.25. The van der Waals surface area contributed by atoms with Gasteiger partial charge in [-0.15, -0.1) is 0 Å². The molecule has 252 valence electrons. The summed E-state index contributed by atoms with van der Waals surface area (Å²) in [5.74, 6) is 4.77. The minimum absolute atomic E-state index is 0.112. The Kier molecular flexibility index (Phi) is 7.08. The molecular formula is C48H33N3O2. The summed E-state index contributed by atoms with van der Waals surface area (Å²) in [4.78, 5) is 15.0. The highest BCUT2D eigenvalue weighted by Crippen LogP contribution is 2.58. The standard InChI is InChI=1S/C48H33N3O2/c1-48(2)38-20-12-11-19-37(38)43-39(48)26-28-41-44(43)53-40-27-25-34(29-42(40)52-41)30-21-23-33(24-22-30)46-49-45(32-15-7-4-8-16-32)50-47(51-46)36-18-10-9-17-35(36)31-13-5-3-6-14-31/h3-29H,1-2H3. The van der Waals surface area contributed by atoms with Gasteiger partial charge in [-0.3, -0.25) is 0 Å². The lowest BCUT2D eigenvalue weighted by molar-refractivity contribution is 0.360. The van der Waals surface area contributed by atoms with Crippen molar-refractivity contribution in [3.63, 3.8) is 0 Å². The highest BCUT2D eigenvalue weighted by molar-refractivity contribution is 5.88. The molecule has 1 aromatic heterocycles. The first-order chi connectivity index (χ1) is 26.0. The zero-order chi connectivity index (χ0) is 35.5. The lowest BCUT2D eigenvalue weighted by atomic mass is 9.82. The van der Waals surface area contributed by atoms with Crippen LogP contribution < -0.4 is 9.47 Å². The summed E-state index contributed by atoms with van der Waals surface area (Å²) in [6.45, 7) is 4.54. The minimum Gasteiger partial charge on any atom is -0.449 e. The molecule has 2 heterocycles. The van der Waals surface area contributed by atoms with E-state index >= 15 is 0 Å². The molecule has 0 spiro atoms. The molecule has 0 N–H and O–H groups in total. The number of nitrogens with zero attached hydrogens (tertiary/aromatic N) is 3. The highest BCUT2D eigenvalue weighted by atomic mass is 16.6. The number of hydrogen-bond donors (Lipinski definition) is 0. The van der Waals surface area contributed by atoms with Gasteiger partial charge in [0.1, 0.15) is 0 Å². The number of fused-ring (bicyclic) bond motifs is 6. The van der Waals surface area contributed by atoms with E-state index in [1.807, 2.05) is 78.9 Å². The Bertz CT molecular complexity index is 2690. The normalized spacial score (nSPS) is 13.2. The Labute approximate surface area is 308 Å². The van der Waals surface area contributed by atoms with Gasteiger partial charge in [0.15, 0.2) is 40.5 Å². The van der Waals surface area contributed by atoms with Crippen molar-refractivity contribution in [3.8, 4) is 90.5 Å². The van der Waals surface area contributed by atoms with Crippen LogP contribution in [0.2, 0.25) is 0 Å². The van der Waals surface area contributed by atoms with Gasteiger partial charge in [0.05, 0.1) is 0 Å². The number of aromatic nitrogens is 3. The molecule has 5 nitrogen and oxygen atoms in total. The van der Waals surface area contributed by atoms with Crippen molar-refractivity contribution in [1.29, 1.82) is 0 Å². The second-order valence-electron chi connectivity index (χ2n) is 14.0. The molecule has 0 fully saturated rings. The van der Waals surface area contributed by atoms with E-state index in [0.29, 0.717) is 29.0 Å². The SMILES string of the molecule is CC1(C)c2ccccc2-c2c1ccc1c2Oc2ccc(-c3ccc(-c4nc(-c5ccccc5)nc(-c5ccccc5-c5ccccc5)n4)cc3)cc2O1. The average molecular weight is 684 g/mol. The topological polar surface area (TPSA) is 57.1 Å². The summed E-state index contributed by atoms with van der Waals surface area (Å²) in [5.41, 5.74) is 11.8. The third-order valence-corrected chi connectivity index (χ3v) is 10.4. The zero-order valence-electron chi connectivity index (χ0n) is 29.2. The molecule has 53 heavy (non-hydrogen) atoms. The van der Waals surface area contributed by atoms with Gasteiger partial charge in [-0.1, -0.05) is 159 Å². The molecule has 0 radical (unpaired) electrons. The van der Waals surface area contributed by atoms with Gasteiger partial charge in [-0.2, -0.15) is 0 Å². The van der Waals surface area contributed by atoms with E-state index < -0.39 is 0 Å². The van der Waals surface area contributed by atoms with E-state index in [4.69, 9.17) is 24.4 Å². The van der Waals surface area contributed by atoms with Crippen LogP contribution >= 0.6 is 0 Å². The maximum absolute atomic E-state index is 6.62. The Morgan fingerprint density at radius 1 is 0.377 bits per heavy atom. The summed E-state index contributed by atoms with van der Waals surface area (Å²) in [6, 6.07) is 56.0. The zero-order valence-corrected chi connectivity index (χ0v) is 29.2. The summed E-state index contributed by atoms with van der Waals surface area (Å²) < 4.78 is 13.2. The molecule has 10 rings (SSSR count). The molecule has 0 saturated carbocycles. The smallest absolute Gasteiger partial charge is 0.178 e. The van der Waals surface area contributed by atoms with Crippen molar-refractivity contribution in [1.82, 2.24) is 15.0 Å². The van der Waals surface area contributed by atoms with Gasteiger partial charge in [-0.25, -0.2) is 15.0 Å². The van der Waals surface area contributed by atoms with Crippen LogP contribution in [0.25, 0.3) is 67.5 Å². The molecule has 7 aromatic carbocycles. The summed E-state index contributed by atoms with van der Waals surface area (Å²) in [5, 5.41) is 0. The fraction of sp³-hybridized carbons (Fsp3) is 0.0625. The lowest BCUT2D eigenvalue weighted by Crippen LogP contribution is -2.15. The Morgan fingerprint density at radius 2 is 0.925 bits per heavy atom. The molecule has 0 atom stereocenters. The van der Waals surface area contributed by atoms with Gasteiger partial charge in [0, 0.05) is 27.7 Å². The van der Waals surface area contributed by atoms with Gasteiger partial charge in [-0.05, 0) is 57.1 Å². The van der Waals surface area contributed by atoms with Crippen LogP contribution in [0.1, 0.15) is 25.0 Å². The van der Waals surface area contributed by atoms with Crippen molar-refractivity contribution in [2.45, 2.75) is 19.3 Å². The molecule has 0 unspecified atom stereocenters. The first-order valence-electron chi connectivity index (χ1n) is 17.9. The summed E-state index contributed by atoms with van der Waals surface area (Å²) in [7, 11) is 0. The van der Waals surface area contributed by atoms with E-state index in [-0.39, 0.29) is 5.41 Å². The van der Waals surface area contributed by atoms with Gasteiger partial charge in [0.25, 0.3) is 0 Å². The molecule has 0 amide bonds. The van der Waals surface area contributed by atoms with Gasteiger partial charge < -0.3 is 9.47 Å². The van der Waals surface area contributed by atoms with E-state index in [0.717, 1.165) is 56.0 Å². The van der Waals surface area contributed by atoms with Crippen molar-refractivity contribution < 1.29 is 9.47 Å². The second kappa shape index (κ2) is 12.1. The quantitative estimate of drug-likeness (QED) is 0.181. The molecular weight excluding hydrogens is 651 g/mol. The number of benzene rings is 7. The fourth-order valence-corrected chi connectivity index (χ4v) is 7.71. The largest absolute Gasteiger partial charge is 0.449 e. The Hall–Kier alpha value is -6.85. The molecule has 0 saturated heterocycles. The van der Waals surface area contributed by atoms with Crippen LogP contribution in [0.4, 0.5) is 0 Å². The predicted octanol–water partition coefficient (Wildman–Crippen LogP) is 12.4. The van der Waals surface area contributed by atoms with Crippen molar-refractivity contribution in [3.05, 3.63) is 175 Å². The van der Waals surface area contributed by atoms with Crippen LogP contribution in [0.5, 0.6) is 23.0 Å². The Morgan fingerprint density at radius 3 is 1.66 bits per heavy atom. The monoisotopic (exact) mass is 683 g/mol. The molecule has 2 aliphatic rings. The van der Waals surface area contributed by atoms with Crippen molar-refractivity contribution >= 4 is 0 Å². The van der Waals surface area contributed by atoms with Crippen molar-refractivity contribution in [2.24, 2.45) is 0 Å². The van der Waals surface area contributed by atoms with Gasteiger partial charge in [0.2, 0.25) is 0 Å². The molecule has 1 aliphatic heterocycles.